The normalized spacial score (nSPS) is 12.3. The number of ether oxygens (including phenoxy) is 1. The maximum Gasteiger partial charge on any atom is 0.162 e. The molecule has 1 aromatic carbocycles. The van der Waals surface area contributed by atoms with Gasteiger partial charge < -0.3 is 10.1 Å². The van der Waals surface area contributed by atoms with Crippen LogP contribution in [0.2, 0.25) is 0 Å². The van der Waals surface area contributed by atoms with Crippen LogP contribution < -0.4 is 5.32 Å². The molecule has 1 aromatic heterocycles. The van der Waals surface area contributed by atoms with Crippen LogP contribution in [0.3, 0.4) is 0 Å². The summed E-state index contributed by atoms with van der Waals surface area (Å²) in [6.07, 6.45) is -0.225. The molecule has 0 aliphatic heterocycles. The molecule has 0 aliphatic rings. The number of nitrogens with zero attached hydrogens (tertiary/aromatic N) is 2. The summed E-state index contributed by atoms with van der Waals surface area (Å²) in [5.74, 6) is 0.714. The van der Waals surface area contributed by atoms with Gasteiger partial charge in [0.2, 0.25) is 0 Å². The van der Waals surface area contributed by atoms with Crippen molar-refractivity contribution in [3.63, 3.8) is 0 Å². The Morgan fingerprint density at radius 2 is 1.95 bits per heavy atom. The smallest absolute Gasteiger partial charge is 0.162 e. The van der Waals surface area contributed by atoms with Crippen molar-refractivity contribution in [3.05, 3.63) is 59.2 Å². The fourth-order valence-corrected chi connectivity index (χ4v) is 2.14. The summed E-state index contributed by atoms with van der Waals surface area (Å²) >= 11 is 0. The number of benzene rings is 1. The fraction of sp³-hybridized carbons (Fsp3) is 0.375. The van der Waals surface area contributed by atoms with Crippen molar-refractivity contribution in [1.82, 2.24) is 15.3 Å². The van der Waals surface area contributed by atoms with Gasteiger partial charge in [-0.2, -0.15) is 0 Å². The predicted molar refractivity (Wildman–Crippen MR) is 79.4 cm³/mol. The van der Waals surface area contributed by atoms with Crippen molar-refractivity contribution in [1.29, 1.82) is 0 Å². The lowest BCUT2D eigenvalue weighted by Gasteiger charge is -2.16. The maximum absolute atomic E-state index is 5.59. The monoisotopic (exact) mass is 271 g/mol. The van der Waals surface area contributed by atoms with Crippen molar-refractivity contribution >= 4 is 0 Å². The van der Waals surface area contributed by atoms with E-state index in [0.29, 0.717) is 5.82 Å². The third-order valence-electron chi connectivity index (χ3n) is 3.05. The molecule has 2 rings (SSSR count). The lowest BCUT2D eigenvalue weighted by Crippen LogP contribution is -2.16. The number of nitrogens with one attached hydrogen (secondary N) is 1. The molecule has 0 radical (unpaired) electrons. The zero-order valence-electron chi connectivity index (χ0n) is 12.3. The lowest BCUT2D eigenvalue weighted by molar-refractivity contribution is 0.128. The molecule has 0 saturated heterocycles. The molecule has 0 aliphatic carbocycles. The molecule has 2 aromatic rings. The Bertz CT molecular complexity index is 543. The third-order valence-corrected chi connectivity index (χ3v) is 3.05. The first kappa shape index (κ1) is 14.6. The van der Waals surface area contributed by atoms with Crippen molar-refractivity contribution in [2.24, 2.45) is 0 Å². The highest BCUT2D eigenvalue weighted by Crippen LogP contribution is 2.22. The van der Waals surface area contributed by atoms with Crippen molar-refractivity contribution in [3.8, 4) is 0 Å². The second-order valence-corrected chi connectivity index (χ2v) is 4.67. The van der Waals surface area contributed by atoms with Crippen LogP contribution in [-0.4, -0.2) is 23.6 Å². The second-order valence-electron chi connectivity index (χ2n) is 4.67. The van der Waals surface area contributed by atoms with Gasteiger partial charge in [0, 0.05) is 19.3 Å². The highest BCUT2D eigenvalue weighted by molar-refractivity contribution is 5.24. The number of hydrogen-bond donors (Lipinski definition) is 1. The number of methoxy groups -OCH3 is 1. The summed E-state index contributed by atoms with van der Waals surface area (Å²) in [7, 11) is 1.69. The summed E-state index contributed by atoms with van der Waals surface area (Å²) < 4.78 is 5.59. The quantitative estimate of drug-likeness (QED) is 0.877. The van der Waals surface area contributed by atoms with Gasteiger partial charge in [-0.05, 0) is 25.1 Å². The van der Waals surface area contributed by atoms with Crippen LogP contribution in [0.5, 0.6) is 0 Å². The van der Waals surface area contributed by atoms with Crippen LogP contribution >= 0.6 is 0 Å². The van der Waals surface area contributed by atoms with Crippen molar-refractivity contribution in [2.45, 2.75) is 26.5 Å². The molecular weight excluding hydrogens is 250 g/mol. The fourth-order valence-electron chi connectivity index (χ4n) is 2.14. The van der Waals surface area contributed by atoms with Crippen LogP contribution in [0.4, 0.5) is 0 Å². The Morgan fingerprint density at radius 3 is 2.60 bits per heavy atom. The van der Waals surface area contributed by atoms with Crippen LogP contribution in [0, 0.1) is 6.92 Å². The SMILES string of the molecule is CCNCc1cc(C)nc(C(OC)c2ccccc2)n1. The van der Waals surface area contributed by atoms with E-state index in [4.69, 9.17) is 4.74 Å². The number of rotatable bonds is 6. The number of hydrogen-bond acceptors (Lipinski definition) is 4. The van der Waals surface area contributed by atoms with E-state index in [0.717, 1.165) is 30.0 Å². The highest BCUT2D eigenvalue weighted by atomic mass is 16.5. The van der Waals surface area contributed by atoms with E-state index in [9.17, 15) is 0 Å². The minimum Gasteiger partial charge on any atom is -0.369 e. The van der Waals surface area contributed by atoms with Gasteiger partial charge in [-0.3, -0.25) is 0 Å². The molecule has 1 heterocycles. The molecule has 4 nitrogen and oxygen atoms in total. The molecule has 0 saturated carbocycles. The molecule has 1 atom stereocenters. The molecule has 1 N–H and O–H groups in total. The Hall–Kier alpha value is -1.78. The van der Waals surface area contributed by atoms with Gasteiger partial charge in [0.05, 0.1) is 5.69 Å². The Labute approximate surface area is 120 Å². The average Bonchev–Trinajstić information content (AvgIpc) is 2.46. The van der Waals surface area contributed by atoms with Crippen LogP contribution in [0.1, 0.15) is 35.8 Å². The van der Waals surface area contributed by atoms with Gasteiger partial charge in [0.25, 0.3) is 0 Å². The van der Waals surface area contributed by atoms with Gasteiger partial charge in [-0.15, -0.1) is 0 Å². The zero-order valence-corrected chi connectivity index (χ0v) is 12.3. The summed E-state index contributed by atoms with van der Waals surface area (Å²) in [6, 6.07) is 12.1. The largest absolute Gasteiger partial charge is 0.369 e. The first-order valence-corrected chi connectivity index (χ1v) is 6.87. The Balaban J connectivity index is 2.32. The third kappa shape index (κ3) is 3.62. The predicted octanol–water partition coefficient (Wildman–Crippen LogP) is 2.63. The Morgan fingerprint density at radius 1 is 1.20 bits per heavy atom. The number of aryl methyl sites for hydroxylation is 1. The van der Waals surface area contributed by atoms with E-state index in [-0.39, 0.29) is 6.10 Å². The topological polar surface area (TPSA) is 47.0 Å². The maximum atomic E-state index is 5.59. The Kier molecular flexibility index (Phi) is 5.21. The van der Waals surface area contributed by atoms with Gasteiger partial charge >= 0.3 is 0 Å². The molecule has 106 valence electrons. The van der Waals surface area contributed by atoms with E-state index < -0.39 is 0 Å². The summed E-state index contributed by atoms with van der Waals surface area (Å²) in [6.45, 7) is 5.73. The van der Waals surface area contributed by atoms with Crippen LogP contribution in [-0.2, 0) is 11.3 Å². The molecular formula is C16H21N3O. The molecule has 0 bridgehead atoms. The van der Waals surface area contributed by atoms with E-state index in [2.05, 4.69) is 22.2 Å². The average molecular weight is 271 g/mol. The van der Waals surface area contributed by atoms with Gasteiger partial charge in [0.15, 0.2) is 5.82 Å². The van der Waals surface area contributed by atoms with E-state index >= 15 is 0 Å². The molecule has 0 spiro atoms. The minimum absolute atomic E-state index is 0.225. The van der Waals surface area contributed by atoms with Gasteiger partial charge in [0.1, 0.15) is 6.10 Å². The summed E-state index contributed by atoms with van der Waals surface area (Å²) in [4.78, 5) is 9.15. The highest BCUT2D eigenvalue weighted by Gasteiger charge is 2.17. The molecule has 1 unspecified atom stereocenters. The molecule has 4 heteroatoms. The van der Waals surface area contributed by atoms with Gasteiger partial charge in [-0.25, -0.2) is 9.97 Å². The number of aromatic nitrogens is 2. The summed E-state index contributed by atoms with van der Waals surface area (Å²) in [5, 5.41) is 3.28. The zero-order chi connectivity index (χ0) is 14.4. The van der Waals surface area contributed by atoms with E-state index in [1.165, 1.54) is 0 Å². The minimum atomic E-state index is -0.225. The standard InChI is InChI=1S/C16H21N3O/c1-4-17-11-14-10-12(2)18-16(19-14)15(20-3)13-8-6-5-7-9-13/h5-10,15,17H,4,11H2,1-3H3. The van der Waals surface area contributed by atoms with E-state index in [1.807, 2.05) is 43.3 Å². The molecule has 0 amide bonds. The molecule has 20 heavy (non-hydrogen) atoms. The lowest BCUT2D eigenvalue weighted by atomic mass is 10.1. The van der Waals surface area contributed by atoms with Crippen LogP contribution in [0.25, 0.3) is 0 Å². The van der Waals surface area contributed by atoms with Crippen molar-refractivity contribution in [2.75, 3.05) is 13.7 Å². The second kappa shape index (κ2) is 7.12. The first-order chi connectivity index (χ1) is 9.74. The van der Waals surface area contributed by atoms with Crippen molar-refractivity contribution < 1.29 is 4.74 Å². The summed E-state index contributed by atoms with van der Waals surface area (Å²) in [5.41, 5.74) is 3.02. The van der Waals surface area contributed by atoms with E-state index in [1.54, 1.807) is 7.11 Å². The molecule has 0 fully saturated rings. The van der Waals surface area contributed by atoms with Crippen LogP contribution in [0.15, 0.2) is 36.4 Å². The first-order valence-electron chi connectivity index (χ1n) is 6.87. The van der Waals surface area contributed by atoms with Gasteiger partial charge in [-0.1, -0.05) is 37.3 Å².